The van der Waals surface area contributed by atoms with Crippen molar-refractivity contribution in [3.63, 3.8) is 0 Å². The Morgan fingerprint density at radius 1 is 1.09 bits per heavy atom. The van der Waals surface area contributed by atoms with Crippen molar-refractivity contribution in [1.82, 2.24) is 4.90 Å². The first kappa shape index (κ1) is 14.5. The SMILES string of the molecule is C=C1CCCC2=C1C1(CC3c4ccccc4CCN23)SCCS1. The molecule has 3 aliphatic heterocycles. The fraction of sp³-hybridized carbons (Fsp3) is 0.500. The van der Waals surface area contributed by atoms with Crippen LogP contribution in [0.1, 0.15) is 42.9 Å². The molecule has 1 atom stereocenters. The van der Waals surface area contributed by atoms with E-state index in [0.717, 1.165) is 0 Å². The van der Waals surface area contributed by atoms with E-state index >= 15 is 0 Å². The lowest BCUT2D eigenvalue weighted by Gasteiger charge is -2.52. The largest absolute Gasteiger partial charge is 0.367 e. The van der Waals surface area contributed by atoms with Crippen molar-refractivity contribution < 1.29 is 0 Å². The number of hydrogen-bond acceptors (Lipinski definition) is 3. The summed E-state index contributed by atoms with van der Waals surface area (Å²) < 4.78 is 0.290. The molecule has 1 nitrogen and oxygen atoms in total. The van der Waals surface area contributed by atoms with Gasteiger partial charge < -0.3 is 4.90 Å². The standard InChI is InChI=1S/C20H23NS2/c1-14-5-4-8-17-19(14)20(22-11-12-23-20)13-18-16-7-3-2-6-15(16)9-10-21(17)18/h2-3,6-7,18H,1,4-5,8-13H2. The van der Waals surface area contributed by atoms with E-state index in [9.17, 15) is 0 Å². The van der Waals surface area contributed by atoms with Gasteiger partial charge in [-0.3, -0.25) is 0 Å². The van der Waals surface area contributed by atoms with Crippen molar-refractivity contribution in [2.24, 2.45) is 0 Å². The average molecular weight is 342 g/mol. The molecule has 1 unspecified atom stereocenters. The van der Waals surface area contributed by atoms with Crippen LogP contribution >= 0.6 is 23.5 Å². The van der Waals surface area contributed by atoms with Crippen molar-refractivity contribution in [2.75, 3.05) is 18.1 Å². The van der Waals surface area contributed by atoms with E-state index < -0.39 is 0 Å². The first-order chi connectivity index (χ1) is 11.3. The Balaban J connectivity index is 1.68. The van der Waals surface area contributed by atoms with E-state index in [1.807, 2.05) is 0 Å². The predicted molar refractivity (Wildman–Crippen MR) is 102 cm³/mol. The molecule has 0 radical (unpaired) electrons. The number of nitrogens with zero attached hydrogens (tertiary/aromatic N) is 1. The third-order valence-corrected chi connectivity index (χ3v) is 9.35. The minimum Gasteiger partial charge on any atom is -0.367 e. The van der Waals surface area contributed by atoms with Crippen molar-refractivity contribution in [1.29, 1.82) is 0 Å². The average Bonchev–Trinajstić information content (AvgIpc) is 3.03. The lowest BCUT2D eigenvalue weighted by molar-refractivity contribution is 0.197. The highest BCUT2D eigenvalue weighted by molar-refractivity contribution is 8.21. The van der Waals surface area contributed by atoms with Crippen LogP contribution in [0.4, 0.5) is 0 Å². The minimum atomic E-state index is 0.290. The molecule has 120 valence electrons. The highest BCUT2D eigenvalue weighted by Gasteiger charge is 2.50. The zero-order valence-electron chi connectivity index (χ0n) is 13.5. The van der Waals surface area contributed by atoms with E-state index in [0.29, 0.717) is 10.1 Å². The molecule has 0 N–H and O–H groups in total. The quantitative estimate of drug-likeness (QED) is 0.642. The molecule has 1 spiro atoms. The Bertz CT molecular complexity index is 699. The maximum atomic E-state index is 4.49. The highest BCUT2D eigenvalue weighted by Crippen LogP contribution is 2.62. The molecular formula is C20H23NS2. The minimum absolute atomic E-state index is 0.290. The molecule has 1 aliphatic carbocycles. The first-order valence-corrected chi connectivity index (χ1v) is 10.8. The molecule has 1 fully saturated rings. The number of fused-ring (bicyclic) bond motifs is 5. The van der Waals surface area contributed by atoms with E-state index in [1.54, 1.807) is 22.4 Å². The smallest absolute Gasteiger partial charge is 0.0902 e. The molecule has 0 aromatic heterocycles. The molecule has 1 saturated heterocycles. The van der Waals surface area contributed by atoms with Gasteiger partial charge in [-0.2, -0.15) is 0 Å². The van der Waals surface area contributed by atoms with Gasteiger partial charge in [-0.1, -0.05) is 30.8 Å². The van der Waals surface area contributed by atoms with E-state index in [2.05, 4.69) is 59.3 Å². The number of allylic oxidation sites excluding steroid dienone is 2. The predicted octanol–water partition coefficient (Wildman–Crippen LogP) is 5.16. The van der Waals surface area contributed by atoms with Crippen LogP contribution in [-0.2, 0) is 6.42 Å². The topological polar surface area (TPSA) is 3.24 Å². The summed E-state index contributed by atoms with van der Waals surface area (Å²) in [5, 5.41) is 0. The zero-order valence-corrected chi connectivity index (χ0v) is 15.1. The molecule has 1 aromatic carbocycles. The van der Waals surface area contributed by atoms with Crippen LogP contribution in [0.5, 0.6) is 0 Å². The van der Waals surface area contributed by atoms with Gasteiger partial charge in [0.05, 0.1) is 10.1 Å². The van der Waals surface area contributed by atoms with Gasteiger partial charge in [-0.15, -0.1) is 23.5 Å². The second-order valence-electron chi connectivity index (χ2n) is 7.09. The Morgan fingerprint density at radius 2 is 1.91 bits per heavy atom. The Morgan fingerprint density at radius 3 is 2.78 bits per heavy atom. The van der Waals surface area contributed by atoms with Crippen molar-refractivity contribution in [3.05, 3.63) is 58.8 Å². The molecule has 0 saturated carbocycles. The molecule has 23 heavy (non-hydrogen) atoms. The van der Waals surface area contributed by atoms with Crippen LogP contribution in [0.25, 0.3) is 0 Å². The number of hydrogen-bond donors (Lipinski definition) is 0. The molecular weight excluding hydrogens is 318 g/mol. The summed E-state index contributed by atoms with van der Waals surface area (Å²) in [6, 6.07) is 9.75. The number of benzene rings is 1. The number of rotatable bonds is 0. The molecule has 0 bridgehead atoms. The van der Waals surface area contributed by atoms with Gasteiger partial charge in [0.15, 0.2) is 0 Å². The van der Waals surface area contributed by atoms with Gasteiger partial charge in [0.25, 0.3) is 0 Å². The van der Waals surface area contributed by atoms with E-state index in [-0.39, 0.29) is 0 Å². The van der Waals surface area contributed by atoms with Gasteiger partial charge in [0.1, 0.15) is 0 Å². The van der Waals surface area contributed by atoms with Crippen molar-refractivity contribution in [3.8, 4) is 0 Å². The van der Waals surface area contributed by atoms with Crippen LogP contribution in [-0.4, -0.2) is 27.0 Å². The van der Waals surface area contributed by atoms with Gasteiger partial charge >= 0.3 is 0 Å². The Kier molecular flexibility index (Phi) is 3.38. The normalized spacial score (nSPS) is 28.6. The Labute approximate surface area is 147 Å². The van der Waals surface area contributed by atoms with Crippen LogP contribution in [0.3, 0.4) is 0 Å². The molecule has 3 heteroatoms. The van der Waals surface area contributed by atoms with Gasteiger partial charge in [0.2, 0.25) is 0 Å². The maximum Gasteiger partial charge on any atom is 0.0902 e. The summed E-state index contributed by atoms with van der Waals surface area (Å²) in [7, 11) is 0. The summed E-state index contributed by atoms with van der Waals surface area (Å²) in [5.74, 6) is 2.59. The van der Waals surface area contributed by atoms with Gasteiger partial charge in [0, 0.05) is 23.7 Å². The molecule has 0 amide bonds. The first-order valence-electron chi connectivity index (χ1n) is 8.83. The summed E-state index contributed by atoms with van der Waals surface area (Å²) in [5.41, 5.74) is 7.90. The zero-order chi connectivity index (χ0) is 15.4. The van der Waals surface area contributed by atoms with Crippen molar-refractivity contribution >= 4 is 23.5 Å². The lowest BCUT2D eigenvalue weighted by atomic mass is 9.78. The highest BCUT2D eigenvalue weighted by atomic mass is 32.2. The lowest BCUT2D eigenvalue weighted by Crippen LogP contribution is -2.45. The summed E-state index contributed by atoms with van der Waals surface area (Å²) >= 11 is 4.41. The monoisotopic (exact) mass is 341 g/mol. The van der Waals surface area contributed by atoms with E-state index in [1.165, 1.54) is 55.7 Å². The number of thioether (sulfide) groups is 2. The summed E-state index contributed by atoms with van der Waals surface area (Å²) in [6.07, 6.45) is 6.21. The Hall–Kier alpha value is -0.800. The molecule has 4 aliphatic rings. The third kappa shape index (κ3) is 2.09. The van der Waals surface area contributed by atoms with Crippen LogP contribution in [0.15, 0.2) is 47.7 Å². The molecule has 1 aromatic rings. The van der Waals surface area contributed by atoms with Crippen molar-refractivity contribution in [2.45, 2.75) is 42.2 Å². The van der Waals surface area contributed by atoms with E-state index in [4.69, 9.17) is 0 Å². The van der Waals surface area contributed by atoms with Gasteiger partial charge in [-0.25, -0.2) is 0 Å². The second kappa shape index (κ2) is 5.35. The summed E-state index contributed by atoms with van der Waals surface area (Å²) in [4.78, 5) is 2.76. The summed E-state index contributed by atoms with van der Waals surface area (Å²) in [6.45, 7) is 5.68. The molecule has 5 rings (SSSR count). The fourth-order valence-electron chi connectivity index (χ4n) is 4.97. The van der Waals surface area contributed by atoms with Crippen LogP contribution in [0, 0.1) is 0 Å². The fourth-order valence-corrected chi connectivity index (χ4v) is 8.49. The second-order valence-corrected chi connectivity index (χ2v) is 10.1. The van der Waals surface area contributed by atoms with Crippen LogP contribution in [0.2, 0.25) is 0 Å². The van der Waals surface area contributed by atoms with Gasteiger partial charge in [-0.05, 0) is 54.4 Å². The maximum absolute atomic E-state index is 4.49. The third-order valence-electron chi connectivity index (χ3n) is 5.89. The molecule has 3 heterocycles. The van der Waals surface area contributed by atoms with Crippen LogP contribution < -0.4 is 0 Å².